The molecule has 3 nitrogen and oxygen atoms in total. The summed E-state index contributed by atoms with van der Waals surface area (Å²) in [5.74, 6) is -0.0419. The van der Waals surface area contributed by atoms with Gasteiger partial charge in [0.15, 0.2) is 0 Å². The second-order valence-electron chi connectivity index (χ2n) is 4.91. The van der Waals surface area contributed by atoms with E-state index in [1.54, 1.807) is 0 Å². The highest BCUT2D eigenvalue weighted by Crippen LogP contribution is 2.13. The van der Waals surface area contributed by atoms with Crippen LogP contribution in [0, 0.1) is 0 Å². The predicted octanol–water partition coefficient (Wildman–Crippen LogP) is 2.66. The molecule has 0 spiro atoms. The molecule has 4 heteroatoms. The Labute approximate surface area is 111 Å². The zero-order valence-electron chi connectivity index (χ0n) is 10.7. The van der Waals surface area contributed by atoms with Crippen molar-refractivity contribution in [2.24, 2.45) is 0 Å². The third kappa shape index (κ3) is 4.04. The highest BCUT2D eigenvalue weighted by Gasteiger charge is 2.19. The minimum atomic E-state index is -0.239. The van der Waals surface area contributed by atoms with E-state index in [0.29, 0.717) is 5.56 Å². The first-order chi connectivity index (χ1) is 7.85. The fourth-order valence-electron chi connectivity index (χ4n) is 1.32. The predicted molar refractivity (Wildman–Crippen MR) is 76.1 cm³/mol. The van der Waals surface area contributed by atoms with E-state index in [1.807, 2.05) is 57.1 Å². The Hall–Kier alpha value is -1.03. The fraction of sp³-hybridized carbons (Fsp3) is 0.462. The number of halogens is 1. The van der Waals surface area contributed by atoms with Gasteiger partial charge < -0.3 is 10.2 Å². The van der Waals surface area contributed by atoms with Crippen LogP contribution in [0.1, 0.15) is 24.2 Å². The Morgan fingerprint density at radius 2 is 1.82 bits per heavy atom. The number of benzene rings is 1. The molecule has 1 aromatic carbocycles. The highest BCUT2D eigenvalue weighted by atomic mass is 79.9. The Morgan fingerprint density at radius 3 is 2.24 bits per heavy atom. The van der Waals surface area contributed by atoms with Crippen molar-refractivity contribution in [3.63, 3.8) is 0 Å². The SMILES string of the molecule is CN(C)c1ccc(C(=O)NC(C)(C)CBr)cc1. The van der Waals surface area contributed by atoms with Crippen LogP contribution in [0.15, 0.2) is 24.3 Å². The van der Waals surface area contributed by atoms with Crippen molar-refractivity contribution < 1.29 is 4.79 Å². The van der Waals surface area contributed by atoms with Gasteiger partial charge in [-0.2, -0.15) is 0 Å². The van der Waals surface area contributed by atoms with Crippen molar-refractivity contribution in [3.05, 3.63) is 29.8 Å². The zero-order valence-corrected chi connectivity index (χ0v) is 12.3. The lowest BCUT2D eigenvalue weighted by Gasteiger charge is -2.23. The summed E-state index contributed by atoms with van der Waals surface area (Å²) >= 11 is 3.38. The van der Waals surface area contributed by atoms with Crippen LogP contribution in [0.4, 0.5) is 5.69 Å². The molecule has 1 aromatic rings. The van der Waals surface area contributed by atoms with Gasteiger partial charge in [-0.25, -0.2) is 0 Å². The summed E-state index contributed by atoms with van der Waals surface area (Å²) in [5, 5.41) is 3.70. The van der Waals surface area contributed by atoms with Crippen molar-refractivity contribution in [3.8, 4) is 0 Å². The number of anilines is 1. The molecule has 0 saturated heterocycles. The monoisotopic (exact) mass is 298 g/mol. The topological polar surface area (TPSA) is 32.3 Å². The largest absolute Gasteiger partial charge is 0.378 e. The van der Waals surface area contributed by atoms with Crippen LogP contribution in [0.2, 0.25) is 0 Å². The van der Waals surface area contributed by atoms with Crippen molar-refractivity contribution >= 4 is 27.5 Å². The van der Waals surface area contributed by atoms with Crippen molar-refractivity contribution in [1.29, 1.82) is 0 Å². The molecular formula is C13H19BrN2O. The molecule has 0 radical (unpaired) electrons. The molecule has 0 aliphatic carbocycles. The molecule has 0 aliphatic rings. The van der Waals surface area contributed by atoms with Crippen LogP contribution in [-0.4, -0.2) is 30.9 Å². The van der Waals surface area contributed by atoms with Crippen LogP contribution in [0.3, 0.4) is 0 Å². The summed E-state index contributed by atoms with van der Waals surface area (Å²) < 4.78 is 0. The number of hydrogen-bond acceptors (Lipinski definition) is 2. The number of nitrogens with one attached hydrogen (secondary N) is 1. The molecule has 1 amide bonds. The number of hydrogen-bond donors (Lipinski definition) is 1. The first-order valence-electron chi connectivity index (χ1n) is 5.51. The quantitative estimate of drug-likeness (QED) is 0.867. The fourth-order valence-corrected chi connectivity index (χ4v) is 1.46. The van der Waals surface area contributed by atoms with Gasteiger partial charge in [-0.05, 0) is 38.1 Å². The molecule has 0 aromatic heterocycles. The van der Waals surface area contributed by atoms with E-state index in [4.69, 9.17) is 0 Å². The molecule has 0 saturated carbocycles. The van der Waals surface area contributed by atoms with E-state index in [9.17, 15) is 4.79 Å². The van der Waals surface area contributed by atoms with Gasteiger partial charge in [-0.3, -0.25) is 4.79 Å². The van der Waals surface area contributed by atoms with E-state index in [-0.39, 0.29) is 11.4 Å². The minimum absolute atomic E-state index is 0.0419. The van der Waals surface area contributed by atoms with Crippen LogP contribution in [-0.2, 0) is 0 Å². The molecule has 17 heavy (non-hydrogen) atoms. The number of carbonyl (C=O) groups is 1. The smallest absolute Gasteiger partial charge is 0.251 e. The lowest BCUT2D eigenvalue weighted by molar-refractivity contribution is 0.0921. The molecule has 0 aliphatic heterocycles. The van der Waals surface area contributed by atoms with Gasteiger partial charge in [0, 0.05) is 36.2 Å². The molecule has 0 fully saturated rings. The second kappa shape index (κ2) is 5.54. The van der Waals surface area contributed by atoms with Crippen LogP contribution >= 0.6 is 15.9 Å². The Kier molecular flexibility index (Phi) is 4.57. The van der Waals surface area contributed by atoms with Crippen LogP contribution < -0.4 is 10.2 Å². The van der Waals surface area contributed by atoms with Gasteiger partial charge in [0.1, 0.15) is 0 Å². The Balaban J connectivity index is 2.77. The first kappa shape index (κ1) is 14.0. The number of alkyl halides is 1. The molecule has 94 valence electrons. The van der Waals surface area contributed by atoms with E-state index >= 15 is 0 Å². The molecule has 1 rings (SSSR count). The maximum absolute atomic E-state index is 12.0. The second-order valence-corrected chi connectivity index (χ2v) is 5.47. The van der Waals surface area contributed by atoms with Gasteiger partial charge in [-0.15, -0.1) is 0 Å². The highest BCUT2D eigenvalue weighted by molar-refractivity contribution is 9.09. The summed E-state index contributed by atoms with van der Waals surface area (Å²) in [6.45, 7) is 3.96. The molecule has 0 unspecified atom stereocenters. The van der Waals surface area contributed by atoms with E-state index in [0.717, 1.165) is 11.0 Å². The maximum Gasteiger partial charge on any atom is 0.251 e. The van der Waals surface area contributed by atoms with Crippen molar-refractivity contribution in [1.82, 2.24) is 5.32 Å². The first-order valence-corrected chi connectivity index (χ1v) is 6.64. The van der Waals surface area contributed by atoms with E-state index < -0.39 is 0 Å². The third-order valence-electron chi connectivity index (χ3n) is 2.43. The van der Waals surface area contributed by atoms with Gasteiger partial charge >= 0.3 is 0 Å². The van der Waals surface area contributed by atoms with Gasteiger partial charge in [0.25, 0.3) is 5.91 Å². The molecule has 0 bridgehead atoms. The van der Waals surface area contributed by atoms with Crippen LogP contribution in [0.25, 0.3) is 0 Å². The summed E-state index contributed by atoms with van der Waals surface area (Å²) in [6.07, 6.45) is 0. The molecular weight excluding hydrogens is 280 g/mol. The summed E-state index contributed by atoms with van der Waals surface area (Å²) in [7, 11) is 3.95. The molecule has 0 atom stereocenters. The normalized spacial score (nSPS) is 11.1. The standard InChI is InChI=1S/C13H19BrN2O/c1-13(2,9-14)15-12(17)10-5-7-11(8-6-10)16(3)4/h5-8H,9H2,1-4H3,(H,15,17). The van der Waals surface area contributed by atoms with E-state index in [2.05, 4.69) is 21.2 Å². The number of carbonyl (C=O) groups excluding carboxylic acids is 1. The maximum atomic E-state index is 12.0. The average molecular weight is 299 g/mol. The van der Waals surface area contributed by atoms with Crippen molar-refractivity contribution in [2.45, 2.75) is 19.4 Å². The lowest BCUT2D eigenvalue weighted by atomic mass is 10.1. The summed E-state index contributed by atoms with van der Waals surface area (Å²) in [5.41, 5.74) is 1.53. The summed E-state index contributed by atoms with van der Waals surface area (Å²) in [4.78, 5) is 14.0. The number of nitrogens with zero attached hydrogens (tertiary/aromatic N) is 1. The molecule has 0 heterocycles. The Bertz CT molecular complexity index is 385. The number of amides is 1. The Morgan fingerprint density at radius 1 is 1.29 bits per heavy atom. The van der Waals surface area contributed by atoms with Crippen molar-refractivity contribution in [2.75, 3.05) is 24.3 Å². The lowest BCUT2D eigenvalue weighted by Crippen LogP contribution is -2.44. The van der Waals surface area contributed by atoms with Crippen LogP contribution in [0.5, 0.6) is 0 Å². The minimum Gasteiger partial charge on any atom is -0.378 e. The summed E-state index contributed by atoms with van der Waals surface area (Å²) in [6, 6.07) is 7.57. The van der Waals surface area contributed by atoms with Gasteiger partial charge in [0.05, 0.1) is 0 Å². The van der Waals surface area contributed by atoms with Gasteiger partial charge in [0.2, 0.25) is 0 Å². The third-order valence-corrected chi connectivity index (χ3v) is 3.83. The van der Waals surface area contributed by atoms with E-state index in [1.165, 1.54) is 0 Å². The average Bonchev–Trinajstić information content (AvgIpc) is 2.28. The zero-order chi connectivity index (χ0) is 13.1. The number of rotatable bonds is 4. The van der Waals surface area contributed by atoms with Gasteiger partial charge in [-0.1, -0.05) is 15.9 Å². The molecule has 1 N–H and O–H groups in total.